The quantitative estimate of drug-likeness (QED) is 0.498. The highest BCUT2D eigenvalue weighted by Crippen LogP contribution is 1.96. The van der Waals surface area contributed by atoms with Crippen LogP contribution < -0.4 is 5.32 Å². The van der Waals surface area contributed by atoms with E-state index in [4.69, 9.17) is 0 Å². The zero-order valence-corrected chi connectivity index (χ0v) is 8.02. The van der Waals surface area contributed by atoms with Gasteiger partial charge in [0.05, 0.1) is 5.92 Å². The lowest BCUT2D eigenvalue weighted by atomic mass is 10.1. The van der Waals surface area contributed by atoms with Crippen molar-refractivity contribution in [3.63, 3.8) is 0 Å². The van der Waals surface area contributed by atoms with Crippen molar-refractivity contribution in [1.82, 2.24) is 5.32 Å². The number of carbonyl (C=O) groups excluding carboxylic acids is 2. The molecule has 70 valence electrons. The molecule has 1 atom stereocenters. The van der Waals surface area contributed by atoms with Crippen LogP contribution in [0, 0.1) is 5.92 Å². The van der Waals surface area contributed by atoms with Gasteiger partial charge in [0.2, 0.25) is 5.91 Å². The monoisotopic (exact) mass is 171 g/mol. The van der Waals surface area contributed by atoms with Crippen LogP contribution >= 0.6 is 0 Å². The predicted octanol–water partition coefficient (Wildman–Crippen LogP) is 1.13. The molecule has 3 nitrogen and oxygen atoms in total. The minimum absolute atomic E-state index is 0.0796. The van der Waals surface area contributed by atoms with E-state index < -0.39 is 5.92 Å². The van der Waals surface area contributed by atoms with Gasteiger partial charge in [-0.05, 0) is 20.3 Å². The smallest absolute Gasteiger partial charge is 0.230 e. The molecule has 0 bridgehead atoms. The van der Waals surface area contributed by atoms with Gasteiger partial charge in [0.25, 0.3) is 0 Å². The first kappa shape index (κ1) is 11.1. The molecule has 1 unspecified atom stereocenters. The molecular formula is C9H17NO2. The maximum atomic E-state index is 11.1. The fourth-order valence-electron chi connectivity index (χ4n) is 0.726. The molecule has 0 rings (SSSR count). The predicted molar refractivity (Wildman–Crippen MR) is 47.8 cm³/mol. The maximum absolute atomic E-state index is 11.1. The summed E-state index contributed by atoms with van der Waals surface area (Å²) >= 11 is 0. The number of hydrogen-bond donors (Lipinski definition) is 1. The Balaban J connectivity index is 3.65. The van der Waals surface area contributed by atoms with E-state index in [0.717, 1.165) is 12.8 Å². The largest absolute Gasteiger partial charge is 0.355 e. The number of rotatable bonds is 5. The minimum atomic E-state index is -0.498. The van der Waals surface area contributed by atoms with Gasteiger partial charge in [0.15, 0.2) is 0 Å². The van der Waals surface area contributed by atoms with Crippen molar-refractivity contribution in [2.24, 2.45) is 5.92 Å². The van der Waals surface area contributed by atoms with Gasteiger partial charge in [0.1, 0.15) is 5.78 Å². The van der Waals surface area contributed by atoms with E-state index in [2.05, 4.69) is 12.2 Å². The molecule has 0 aromatic heterocycles. The van der Waals surface area contributed by atoms with Crippen molar-refractivity contribution in [2.75, 3.05) is 6.54 Å². The van der Waals surface area contributed by atoms with Crippen molar-refractivity contribution in [2.45, 2.75) is 33.6 Å². The van der Waals surface area contributed by atoms with Crippen molar-refractivity contribution in [1.29, 1.82) is 0 Å². The average molecular weight is 171 g/mol. The molecule has 1 amide bonds. The summed E-state index contributed by atoms with van der Waals surface area (Å²) in [7, 11) is 0. The van der Waals surface area contributed by atoms with Crippen LogP contribution in [-0.2, 0) is 9.59 Å². The number of carbonyl (C=O) groups is 2. The molecule has 0 saturated carbocycles. The second kappa shape index (κ2) is 5.75. The van der Waals surface area contributed by atoms with Gasteiger partial charge in [-0.25, -0.2) is 0 Å². The van der Waals surface area contributed by atoms with Crippen LogP contribution in [0.4, 0.5) is 0 Å². The lowest BCUT2D eigenvalue weighted by Crippen LogP contribution is -2.33. The second-order valence-electron chi connectivity index (χ2n) is 2.98. The zero-order valence-electron chi connectivity index (χ0n) is 8.02. The molecule has 12 heavy (non-hydrogen) atoms. The summed E-state index contributed by atoms with van der Waals surface area (Å²) in [4.78, 5) is 21.9. The van der Waals surface area contributed by atoms with Crippen molar-refractivity contribution in [3.05, 3.63) is 0 Å². The summed E-state index contributed by atoms with van der Waals surface area (Å²) in [6.07, 6.45) is 2.02. The van der Waals surface area contributed by atoms with E-state index in [1.54, 1.807) is 6.92 Å². The Morgan fingerprint density at radius 1 is 1.42 bits per heavy atom. The lowest BCUT2D eigenvalue weighted by molar-refractivity contribution is -0.132. The molecule has 0 aliphatic rings. The molecule has 0 fully saturated rings. The maximum Gasteiger partial charge on any atom is 0.230 e. The Hall–Kier alpha value is -0.860. The Bertz CT molecular complexity index is 166. The first-order valence-corrected chi connectivity index (χ1v) is 4.37. The second-order valence-corrected chi connectivity index (χ2v) is 2.98. The number of hydrogen-bond acceptors (Lipinski definition) is 2. The average Bonchev–Trinajstić information content (AvgIpc) is 2.03. The van der Waals surface area contributed by atoms with E-state index >= 15 is 0 Å². The molecule has 0 heterocycles. The Morgan fingerprint density at radius 2 is 2.00 bits per heavy atom. The Morgan fingerprint density at radius 3 is 2.42 bits per heavy atom. The van der Waals surface area contributed by atoms with Crippen molar-refractivity contribution >= 4 is 11.7 Å². The Kier molecular flexibility index (Phi) is 5.34. The number of unbranched alkanes of at least 4 members (excludes halogenated alkanes) is 1. The number of nitrogens with one attached hydrogen (secondary N) is 1. The van der Waals surface area contributed by atoms with Crippen LogP contribution in [0.2, 0.25) is 0 Å². The third-order valence-electron chi connectivity index (χ3n) is 1.83. The van der Waals surface area contributed by atoms with E-state index in [-0.39, 0.29) is 11.7 Å². The third-order valence-corrected chi connectivity index (χ3v) is 1.83. The molecule has 0 aromatic carbocycles. The van der Waals surface area contributed by atoms with E-state index in [9.17, 15) is 9.59 Å². The molecule has 0 spiro atoms. The number of ketones is 1. The van der Waals surface area contributed by atoms with Crippen molar-refractivity contribution in [3.8, 4) is 0 Å². The highest BCUT2D eigenvalue weighted by molar-refractivity contribution is 5.99. The van der Waals surface area contributed by atoms with E-state index in [1.165, 1.54) is 6.92 Å². The van der Waals surface area contributed by atoms with Crippen LogP contribution in [0.3, 0.4) is 0 Å². The van der Waals surface area contributed by atoms with Crippen LogP contribution in [0.25, 0.3) is 0 Å². The van der Waals surface area contributed by atoms with Gasteiger partial charge in [-0.3, -0.25) is 9.59 Å². The normalized spacial score (nSPS) is 12.2. The first-order valence-electron chi connectivity index (χ1n) is 4.37. The van der Waals surface area contributed by atoms with Crippen molar-refractivity contribution < 1.29 is 9.59 Å². The van der Waals surface area contributed by atoms with Gasteiger partial charge in [-0.15, -0.1) is 0 Å². The SMILES string of the molecule is CCCCNC(=O)C(C)C(C)=O. The molecule has 0 aromatic rings. The van der Waals surface area contributed by atoms with Gasteiger partial charge in [-0.2, -0.15) is 0 Å². The fraction of sp³-hybridized carbons (Fsp3) is 0.778. The highest BCUT2D eigenvalue weighted by atomic mass is 16.2. The third kappa shape index (κ3) is 4.11. The van der Waals surface area contributed by atoms with Gasteiger partial charge in [0, 0.05) is 6.54 Å². The fourth-order valence-corrected chi connectivity index (χ4v) is 0.726. The molecule has 0 aliphatic carbocycles. The summed E-state index contributed by atoms with van der Waals surface area (Å²) in [5.74, 6) is -0.734. The molecule has 0 saturated heterocycles. The number of amides is 1. The molecule has 0 aliphatic heterocycles. The van der Waals surface area contributed by atoms with Gasteiger partial charge in [-0.1, -0.05) is 13.3 Å². The highest BCUT2D eigenvalue weighted by Gasteiger charge is 2.15. The minimum Gasteiger partial charge on any atom is -0.355 e. The topological polar surface area (TPSA) is 46.2 Å². The standard InChI is InChI=1S/C9H17NO2/c1-4-5-6-10-9(12)7(2)8(3)11/h7H,4-6H2,1-3H3,(H,10,12). The van der Waals surface area contributed by atoms with Crippen LogP contribution in [-0.4, -0.2) is 18.2 Å². The molecule has 3 heteroatoms. The number of Topliss-reactive ketones (excluding diaryl/α,β-unsaturated/α-hetero) is 1. The summed E-state index contributed by atoms with van der Waals surface area (Å²) in [6.45, 7) is 5.79. The zero-order chi connectivity index (χ0) is 9.56. The van der Waals surface area contributed by atoms with Gasteiger partial charge >= 0.3 is 0 Å². The lowest BCUT2D eigenvalue weighted by Gasteiger charge is -2.07. The summed E-state index contributed by atoms with van der Waals surface area (Å²) < 4.78 is 0. The first-order chi connectivity index (χ1) is 5.59. The van der Waals surface area contributed by atoms with E-state index in [0.29, 0.717) is 6.54 Å². The van der Waals surface area contributed by atoms with Crippen LogP contribution in [0.15, 0.2) is 0 Å². The summed E-state index contributed by atoms with van der Waals surface area (Å²) in [5, 5.41) is 2.70. The summed E-state index contributed by atoms with van der Waals surface area (Å²) in [5.41, 5.74) is 0. The summed E-state index contributed by atoms with van der Waals surface area (Å²) in [6, 6.07) is 0. The van der Waals surface area contributed by atoms with Crippen LogP contribution in [0.1, 0.15) is 33.6 Å². The van der Waals surface area contributed by atoms with E-state index in [1.807, 2.05) is 0 Å². The Labute approximate surface area is 73.5 Å². The molecule has 0 radical (unpaired) electrons. The molecular weight excluding hydrogens is 154 g/mol. The molecule has 1 N–H and O–H groups in total. The van der Waals surface area contributed by atoms with Gasteiger partial charge < -0.3 is 5.32 Å². The van der Waals surface area contributed by atoms with Crippen LogP contribution in [0.5, 0.6) is 0 Å².